The van der Waals surface area contributed by atoms with E-state index in [9.17, 15) is 45.8 Å². The highest BCUT2D eigenvalue weighted by Crippen LogP contribution is 2.39. The summed E-state index contributed by atoms with van der Waals surface area (Å²) in [6, 6.07) is 6.68. The molecule has 0 heterocycles. The van der Waals surface area contributed by atoms with Crippen LogP contribution in [0.3, 0.4) is 0 Å². The molecule has 0 fully saturated rings. The van der Waals surface area contributed by atoms with Gasteiger partial charge in [-0.2, -0.15) is 26.3 Å². The molecule has 13 heteroatoms. The van der Waals surface area contributed by atoms with Crippen LogP contribution in [0.15, 0.2) is 48.5 Å². The fourth-order valence-corrected chi connectivity index (χ4v) is 2.74. The van der Waals surface area contributed by atoms with E-state index in [-0.39, 0.29) is 18.7 Å². The number of rotatable bonds is 7. The summed E-state index contributed by atoms with van der Waals surface area (Å²) in [7, 11) is 0. The van der Waals surface area contributed by atoms with E-state index in [4.69, 9.17) is 0 Å². The highest BCUT2D eigenvalue weighted by Gasteiger charge is 2.43. The Balaban J connectivity index is 2.15. The molecule has 0 spiro atoms. The predicted octanol–water partition coefficient (Wildman–Crippen LogP) is 3.41. The van der Waals surface area contributed by atoms with Gasteiger partial charge in [0, 0.05) is 6.54 Å². The van der Waals surface area contributed by atoms with E-state index in [1.807, 2.05) is 0 Å². The van der Waals surface area contributed by atoms with Gasteiger partial charge in [0.05, 0.1) is 23.2 Å². The highest BCUT2D eigenvalue weighted by molar-refractivity contribution is 5.99. The van der Waals surface area contributed by atoms with Crippen molar-refractivity contribution in [3.8, 4) is 0 Å². The van der Waals surface area contributed by atoms with Gasteiger partial charge >= 0.3 is 24.4 Å². The van der Waals surface area contributed by atoms with Crippen LogP contribution in [0, 0.1) is 0 Å². The Kier molecular flexibility index (Phi) is 7.90. The summed E-state index contributed by atoms with van der Waals surface area (Å²) in [4.78, 5) is 35.6. The maximum atomic E-state index is 13.2. The number of carbonyl (C=O) groups excluding carboxylic acids is 2. The molecular formula is C20H17F6N3O4. The second-order valence-corrected chi connectivity index (χ2v) is 6.64. The van der Waals surface area contributed by atoms with E-state index in [1.54, 1.807) is 35.6 Å². The molecule has 0 aromatic heterocycles. The van der Waals surface area contributed by atoms with Crippen molar-refractivity contribution in [3.05, 3.63) is 70.8 Å². The lowest BCUT2D eigenvalue weighted by Crippen LogP contribution is -2.50. The van der Waals surface area contributed by atoms with Crippen LogP contribution in [-0.4, -0.2) is 35.6 Å². The molecule has 2 rings (SSSR count). The molecule has 7 nitrogen and oxygen atoms in total. The van der Waals surface area contributed by atoms with Crippen molar-refractivity contribution in [3.63, 3.8) is 0 Å². The number of benzene rings is 2. The molecule has 0 aliphatic rings. The third kappa shape index (κ3) is 7.12. The highest BCUT2D eigenvalue weighted by atomic mass is 19.4. The monoisotopic (exact) mass is 477 g/mol. The molecule has 0 saturated heterocycles. The minimum absolute atomic E-state index is 0.0602. The zero-order valence-corrected chi connectivity index (χ0v) is 16.6. The summed E-state index contributed by atoms with van der Waals surface area (Å²) >= 11 is 0. The Hall–Kier alpha value is -3.77. The smallest absolute Gasteiger partial charge is 0.417 e. The molecule has 0 bridgehead atoms. The van der Waals surface area contributed by atoms with Gasteiger partial charge in [0.15, 0.2) is 0 Å². The maximum Gasteiger partial charge on any atom is 0.417 e. The Morgan fingerprint density at radius 1 is 0.818 bits per heavy atom. The average molecular weight is 477 g/mol. The summed E-state index contributed by atoms with van der Waals surface area (Å²) in [6.45, 7) is -0.748. The fraction of sp³-hybridized carbons (Fsp3) is 0.250. The van der Waals surface area contributed by atoms with Gasteiger partial charge in [-0.25, -0.2) is 9.59 Å². The number of carboxylic acid groups (broad SMARTS) is 1. The first-order chi connectivity index (χ1) is 15.3. The largest absolute Gasteiger partial charge is 0.480 e. The van der Waals surface area contributed by atoms with Crippen LogP contribution in [0.25, 0.3) is 0 Å². The fourth-order valence-electron chi connectivity index (χ4n) is 2.74. The molecule has 0 unspecified atom stereocenters. The van der Waals surface area contributed by atoms with Gasteiger partial charge < -0.3 is 21.1 Å². The van der Waals surface area contributed by atoms with Crippen molar-refractivity contribution < 1.29 is 45.8 Å². The molecule has 0 saturated carbocycles. The number of carbonyl (C=O) groups is 3. The average Bonchev–Trinajstić information content (AvgIpc) is 2.73. The molecule has 0 aliphatic heterocycles. The van der Waals surface area contributed by atoms with Crippen molar-refractivity contribution in [1.29, 1.82) is 0 Å². The van der Waals surface area contributed by atoms with Crippen molar-refractivity contribution in [2.45, 2.75) is 24.9 Å². The Bertz CT molecular complexity index is 977. The zero-order chi connectivity index (χ0) is 24.8. The normalized spacial score (nSPS) is 12.5. The van der Waals surface area contributed by atoms with Crippen LogP contribution in [0.2, 0.25) is 0 Å². The van der Waals surface area contributed by atoms with Gasteiger partial charge in [0.2, 0.25) is 0 Å². The van der Waals surface area contributed by atoms with E-state index in [0.717, 1.165) is 0 Å². The van der Waals surface area contributed by atoms with Crippen LogP contribution in [0.1, 0.15) is 27.0 Å². The van der Waals surface area contributed by atoms with Crippen LogP contribution in [0.5, 0.6) is 0 Å². The van der Waals surface area contributed by atoms with Crippen LogP contribution >= 0.6 is 0 Å². The summed E-state index contributed by atoms with van der Waals surface area (Å²) in [6.07, 6.45) is -10.6. The van der Waals surface area contributed by atoms with Crippen LogP contribution in [0.4, 0.5) is 31.1 Å². The molecule has 0 aliphatic carbocycles. The van der Waals surface area contributed by atoms with Crippen LogP contribution < -0.4 is 16.0 Å². The molecule has 1 atom stereocenters. The first kappa shape index (κ1) is 25.5. The SMILES string of the molecule is O=C(NCc1ccccc1)NC[C@H](NC(=O)c1c(C(F)(F)F)cccc1C(F)(F)F)C(=O)O. The Morgan fingerprint density at radius 2 is 1.36 bits per heavy atom. The number of urea groups is 1. The lowest BCUT2D eigenvalue weighted by Gasteiger charge is -2.20. The van der Waals surface area contributed by atoms with Crippen molar-refractivity contribution in [2.75, 3.05) is 6.54 Å². The van der Waals surface area contributed by atoms with Gasteiger partial charge in [-0.05, 0) is 17.7 Å². The molecule has 178 valence electrons. The number of hydrogen-bond donors (Lipinski definition) is 4. The maximum absolute atomic E-state index is 13.2. The summed E-state index contributed by atoms with van der Waals surface area (Å²) in [5, 5.41) is 15.3. The lowest BCUT2D eigenvalue weighted by molar-refractivity contribution is -0.143. The van der Waals surface area contributed by atoms with Gasteiger partial charge in [-0.15, -0.1) is 0 Å². The molecule has 2 aromatic rings. The third-order valence-corrected chi connectivity index (χ3v) is 4.27. The number of amides is 3. The quantitative estimate of drug-likeness (QED) is 0.459. The first-order valence-electron chi connectivity index (χ1n) is 9.17. The minimum atomic E-state index is -5.32. The van der Waals surface area contributed by atoms with Gasteiger partial charge in [0.1, 0.15) is 6.04 Å². The molecule has 2 aromatic carbocycles. The summed E-state index contributed by atoms with van der Waals surface area (Å²) in [5.74, 6) is -3.70. The number of nitrogens with one attached hydrogen (secondary N) is 3. The summed E-state index contributed by atoms with van der Waals surface area (Å²) < 4.78 is 79.3. The second kappa shape index (κ2) is 10.2. The van der Waals surface area contributed by atoms with E-state index in [2.05, 4.69) is 10.6 Å². The minimum Gasteiger partial charge on any atom is -0.480 e. The van der Waals surface area contributed by atoms with Gasteiger partial charge in [0.25, 0.3) is 5.91 Å². The van der Waals surface area contributed by atoms with E-state index >= 15 is 0 Å². The Labute approximate surface area is 182 Å². The predicted molar refractivity (Wildman–Crippen MR) is 102 cm³/mol. The summed E-state index contributed by atoms with van der Waals surface area (Å²) in [5.41, 5.74) is -4.82. The number of hydrogen-bond acceptors (Lipinski definition) is 3. The van der Waals surface area contributed by atoms with Gasteiger partial charge in [-0.1, -0.05) is 36.4 Å². The Morgan fingerprint density at radius 3 is 1.85 bits per heavy atom. The molecule has 33 heavy (non-hydrogen) atoms. The van der Waals surface area contributed by atoms with Gasteiger partial charge in [-0.3, -0.25) is 4.79 Å². The van der Waals surface area contributed by atoms with E-state index < -0.39 is 59.5 Å². The van der Waals surface area contributed by atoms with Crippen molar-refractivity contribution in [1.82, 2.24) is 16.0 Å². The molecule has 4 N–H and O–H groups in total. The number of halogens is 6. The second-order valence-electron chi connectivity index (χ2n) is 6.64. The first-order valence-corrected chi connectivity index (χ1v) is 9.17. The third-order valence-electron chi connectivity index (χ3n) is 4.27. The van der Waals surface area contributed by atoms with Crippen molar-refractivity contribution in [2.24, 2.45) is 0 Å². The topological polar surface area (TPSA) is 108 Å². The zero-order valence-electron chi connectivity index (χ0n) is 16.6. The van der Waals surface area contributed by atoms with Crippen molar-refractivity contribution >= 4 is 17.9 Å². The molecule has 0 radical (unpaired) electrons. The lowest BCUT2D eigenvalue weighted by atomic mass is 9.98. The number of alkyl halides is 6. The number of carboxylic acids is 1. The van der Waals surface area contributed by atoms with E-state index in [1.165, 1.54) is 0 Å². The molecule has 3 amide bonds. The standard InChI is InChI=1S/C20H17F6N3O4/c21-19(22,23)12-7-4-8-13(20(24,25)26)15(12)16(30)29-14(17(31)32)10-28-18(33)27-9-11-5-2-1-3-6-11/h1-8,14H,9-10H2,(H,29,30)(H,31,32)(H2,27,28,33)/t14-/m0/s1. The van der Waals surface area contributed by atoms with E-state index in [0.29, 0.717) is 11.6 Å². The molecular weight excluding hydrogens is 460 g/mol. The van der Waals surface area contributed by atoms with Crippen LogP contribution in [-0.2, 0) is 23.7 Å². The number of aliphatic carboxylic acids is 1.